The molecule has 3 nitrogen and oxygen atoms in total. The fourth-order valence-electron chi connectivity index (χ4n) is 2.98. The molecule has 5 heteroatoms. The van der Waals surface area contributed by atoms with Crippen molar-refractivity contribution in [2.24, 2.45) is 0 Å². The molecule has 0 aromatic heterocycles. The van der Waals surface area contributed by atoms with E-state index in [2.05, 4.69) is 19.1 Å². The van der Waals surface area contributed by atoms with E-state index >= 15 is 0 Å². The largest absolute Gasteiger partial charge is 0.375 e. The van der Waals surface area contributed by atoms with Crippen LogP contribution in [0.3, 0.4) is 0 Å². The molecule has 24 heavy (non-hydrogen) atoms. The molecule has 1 fully saturated rings. The zero-order chi connectivity index (χ0) is 17.2. The monoisotopic (exact) mass is 370 g/mol. The summed E-state index contributed by atoms with van der Waals surface area (Å²) in [7, 11) is -0.799. The van der Waals surface area contributed by atoms with Crippen LogP contribution in [0.4, 0.5) is 0 Å². The Bertz CT molecular complexity index is 481. The van der Waals surface area contributed by atoms with Crippen LogP contribution < -0.4 is 0 Å². The van der Waals surface area contributed by atoms with E-state index in [1.807, 2.05) is 25.1 Å². The van der Waals surface area contributed by atoms with Crippen molar-refractivity contribution in [3.05, 3.63) is 35.9 Å². The maximum Gasteiger partial charge on any atom is 0.0856 e. The van der Waals surface area contributed by atoms with Crippen LogP contribution in [0, 0.1) is 0 Å². The van der Waals surface area contributed by atoms with Gasteiger partial charge in [-0.2, -0.15) is 0 Å². The van der Waals surface area contributed by atoms with E-state index in [-0.39, 0.29) is 16.8 Å². The first-order valence-electron chi connectivity index (χ1n) is 9.00. The minimum absolute atomic E-state index is 0.0516. The van der Waals surface area contributed by atoms with Crippen molar-refractivity contribution in [2.45, 2.75) is 62.9 Å². The number of ether oxygens (including phenoxy) is 2. The highest BCUT2D eigenvalue weighted by Crippen LogP contribution is 2.28. The zero-order valence-corrected chi connectivity index (χ0v) is 16.4. The average Bonchev–Trinajstić information content (AvgIpc) is 2.85. The van der Waals surface area contributed by atoms with Gasteiger partial charge in [-0.1, -0.05) is 44.2 Å². The molecule has 136 valence electrons. The van der Waals surface area contributed by atoms with E-state index < -0.39 is 10.8 Å². The van der Waals surface area contributed by atoms with E-state index in [1.165, 1.54) is 5.56 Å². The number of benzene rings is 1. The highest BCUT2D eigenvalue weighted by molar-refractivity contribution is 8.11. The second kappa shape index (κ2) is 11.3. The average molecular weight is 371 g/mol. The number of hydrogen-bond acceptors (Lipinski definition) is 4. The number of rotatable bonds is 9. The fraction of sp³-hybridized carbons (Fsp3) is 0.684. The van der Waals surface area contributed by atoms with E-state index in [9.17, 15) is 4.21 Å². The van der Waals surface area contributed by atoms with Gasteiger partial charge in [-0.3, -0.25) is 4.21 Å². The second-order valence-corrected chi connectivity index (χ2v) is 9.72. The Labute approximate surface area is 153 Å². The molecule has 1 aliphatic rings. The van der Waals surface area contributed by atoms with Crippen molar-refractivity contribution in [1.82, 2.24) is 0 Å². The molecule has 0 bridgehead atoms. The van der Waals surface area contributed by atoms with Gasteiger partial charge < -0.3 is 9.47 Å². The van der Waals surface area contributed by atoms with Gasteiger partial charge in [0.15, 0.2) is 0 Å². The molecule has 0 radical (unpaired) electrons. The molecule has 1 saturated heterocycles. The highest BCUT2D eigenvalue weighted by Gasteiger charge is 2.30. The Balaban J connectivity index is 1.98. The predicted molar refractivity (Wildman–Crippen MR) is 104 cm³/mol. The smallest absolute Gasteiger partial charge is 0.0856 e. The number of hydrogen-bond donors (Lipinski definition) is 0. The van der Waals surface area contributed by atoms with E-state index in [0.717, 1.165) is 38.0 Å². The summed E-state index contributed by atoms with van der Waals surface area (Å²) in [6, 6.07) is 10.3. The van der Waals surface area contributed by atoms with Crippen LogP contribution in [-0.4, -0.2) is 39.1 Å². The zero-order valence-electron chi connectivity index (χ0n) is 14.8. The molecular formula is C19H30O3S2. The maximum absolute atomic E-state index is 12.3. The van der Waals surface area contributed by atoms with Crippen molar-refractivity contribution in [2.75, 3.05) is 18.1 Å². The lowest BCUT2D eigenvalue weighted by molar-refractivity contribution is -0.0719. The Kier molecular flexibility index (Phi) is 9.39. The van der Waals surface area contributed by atoms with Crippen LogP contribution in [0.5, 0.6) is 0 Å². The van der Waals surface area contributed by atoms with E-state index in [0.29, 0.717) is 12.4 Å². The van der Waals surface area contributed by atoms with Crippen molar-refractivity contribution in [3.8, 4) is 0 Å². The molecule has 4 atom stereocenters. The van der Waals surface area contributed by atoms with Gasteiger partial charge in [-0.25, -0.2) is 0 Å². The Morgan fingerprint density at radius 1 is 1.29 bits per heavy atom. The Morgan fingerprint density at radius 3 is 2.79 bits per heavy atom. The van der Waals surface area contributed by atoms with E-state index in [1.54, 1.807) is 11.8 Å². The minimum Gasteiger partial charge on any atom is -0.375 e. The van der Waals surface area contributed by atoms with Gasteiger partial charge in [0.05, 0.1) is 23.4 Å². The first-order chi connectivity index (χ1) is 11.7. The van der Waals surface area contributed by atoms with Crippen molar-refractivity contribution >= 4 is 22.6 Å². The van der Waals surface area contributed by atoms with Crippen LogP contribution in [0.15, 0.2) is 30.3 Å². The topological polar surface area (TPSA) is 35.5 Å². The fourth-order valence-corrected chi connectivity index (χ4v) is 5.87. The maximum atomic E-state index is 12.3. The summed E-state index contributed by atoms with van der Waals surface area (Å²) in [5.41, 5.74) is 1.19. The van der Waals surface area contributed by atoms with Crippen LogP contribution in [0.25, 0.3) is 0 Å². The lowest BCUT2D eigenvalue weighted by Gasteiger charge is -2.28. The van der Waals surface area contributed by atoms with Gasteiger partial charge >= 0.3 is 0 Å². The molecular weight excluding hydrogens is 340 g/mol. The first kappa shape index (κ1) is 20.0. The van der Waals surface area contributed by atoms with Gasteiger partial charge in [0.1, 0.15) is 0 Å². The standard InChI is InChI=1S/C19H30O3S2/c1-3-23-19(24(20)4-2)14-18-17(12-8-9-13-21-18)22-15-16-10-6-5-7-11-16/h5-7,10-11,17-19H,3-4,8-9,12-15H2,1-2H3/t17-,18+,19?,24?/m1/s1. The molecule has 1 heterocycles. The third-order valence-corrected chi connectivity index (χ3v) is 7.59. The van der Waals surface area contributed by atoms with Crippen LogP contribution >= 0.6 is 11.8 Å². The summed E-state index contributed by atoms with van der Waals surface area (Å²) in [4.78, 5) is 0. The summed E-state index contributed by atoms with van der Waals surface area (Å²) < 4.78 is 24.8. The normalized spacial score (nSPS) is 24.2. The Morgan fingerprint density at radius 2 is 2.08 bits per heavy atom. The lowest BCUT2D eigenvalue weighted by Crippen LogP contribution is -2.34. The molecule has 0 amide bonds. The van der Waals surface area contributed by atoms with Crippen molar-refractivity contribution < 1.29 is 13.7 Å². The Hall–Kier alpha value is -0.360. The summed E-state index contributed by atoms with van der Waals surface area (Å²) in [6.45, 7) is 5.53. The molecule has 0 saturated carbocycles. The quantitative estimate of drug-likeness (QED) is 0.646. The van der Waals surface area contributed by atoms with Crippen LogP contribution in [0.1, 0.15) is 45.1 Å². The third kappa shape index (κ3) is 6.51. The summed E-state index contributed by atoms with van der Waals surface area (Å²) in [5, 5.41) is 0. The first-order valence-corrected chi connectivity index (χ1v) is 11.4. The second-order valence-electron chi connectivity index (χ2n) is 6.03. The highest BCUT2D eigenvalue weighted by atomic mass is 32.2. The van der Waals surface area contributed by atoms with Crippen LogP contribution in [-0.2, 0) is 26.9 Å². The van der Waals surface area contributed by atoms with Crippen LogP contribution in [0.2, 0.25) is 0 Å². The minimum atomic E-state index is -0.799. The van der Waals surface area contributed by atoms with Gasteiger partial charge in [0.2, 0.25) is 0 Å². The summed E-state index contributed by atoms with van der Waals surface area (Å²) >= 11 is 1.79. The molecule has 1 aromatic rings. The molecule has 1 aliphatic heterocycles. The van der Waals surface area contributed by atoms with Gasteiger partial charge in [-0.05, 0) is 37.0 Å². The SMILES string of the molecule is CCSC(C[C@@H]1OCCCC[C@H]1OCc1ccccc1)S(=O)CC. The van der Waals surface area contributed by atoms with Gasteiger partial charge in [-0.15, -0.1) is 11.8 Å². The molecule has 2 rings (SSSR count). The molecule has 2 unspecified atom stereocenters. The summed E-state index contributed by atoms with van der Waals surface area (Å²) in [6.07, 6.45) is 4.22. The molecule has 0 N–H and O–H groups in total. The molecule has 1 aromatic carbocycles. The summed E-state index contributed by atoms with van der Waals surface area (Å²) in [5.74, 6) is 1.69. The van der Waals surface area contributed by atoms with Crippen molar-refractivity contribution in [3.63, 3.8) is 0 Å². The number of thioether (sulfide) groups is 1. The third-order valence-electron chi connectivity index (χ3n) is 4.29. The van der Waals surface area contributed by atoms with Crippen molar-refractivity contribution in [1.29, 1.82) is 0 Å². The molecule has 0 spiro atoms. The predicted octanol–water partition coefficient (Wildman–Crippen LogP) is 4.38. The van der Waals surface area contributed by atoms with Gasteiger partial charge in [0, 0.05) is 23.2 Å². The van der Waals surface area contributed by atoms with E-state index in [4.69, 9.17) is 9.47 Å². The molecule has 0 aliphatic carbocycles. The lowest BCUT2D eigenvalue weighted by atomic mass is 10.1. The van der Waals surface area contributed by atoms with Gasteiger partial charge in [0.25, 0.3) is 0 Å².